The molecule has 1 atom stereocenters. The number of nitrogens with one attached hydrogen (secondary N) is 1. The maximum atomic E-state index is 12.9. The Morgan fingerprint density at radius 2 is 2.12 bits per heavy atom. The molecule has 142 valence electrons. The number of aryl methyl sites for hydroxylation is 1. The van der Waals surface area contributed by atoms with Crippen molar-refractivity contribution in [3.8, 4) is 0 Å². The van der Waals surface area contributed by atoms with Gasteiger partial charge in [-0.25, -0.2) is 0 Å². The number of anilines is 1. The van der Waals surface area contributed by atoms with Crippen LogP contribution in [0, 0.1) is 0 Å². The highest BCUT2D eigenvalue weighted by Crippen LogP contribution is 2.36. The van der Waals surface area contributed by atoms with E-state index in [0.717, 1.165) is 12.1 Å². The number of likely N-dealkylation sites (N-methyl/N-ethyl adjacent to an activating group) is 1. The molecular formula is C16H18ClF3N4O2. The number of rotatable bonds is 6. The van der Waals surface area contributed by atoms with E-state index in [2.05, 4.69) is 15.5 Å². The van der Waals surface area contributed by atoms with Crippen LogP contribution in [0.15, 0.2) is 22.7 Å². The molecule has 1 heterocycles. The molecule has 0 radical (unpaired) electrons. The van der Waals surface area contributed by atoms with Gasteiger partial charge in [0.1, 0.15) is 0 Å². The number of aromatic nitrogens is 2. The molecule has 0 unspecified atom stereocenters. The van der Waals surface area contributed by atoms with E-state index < -0.39 is 22.7 Å². The third-order valence-electron chi connectivity index (χ3n) is 3.77. The third kappa shape index (κ3) is 4.95. The lowest BCUT2D eigenvalue weighted by molar-refractivity contribution is -0.137. The van der Waals surface area contributed by atoms with Crippen LogP contribution >= 0.6 is 11.6 Å². The predicted octanol–water partition coefficient (Wildman–Crippen LogP) is 3.94. The van der Waals surface area contributed by atoms with Crippen LogP contribution < -0.4 is 5.32 Å². The highest BCUT2D eigenvalue weighted by Gasteiger charge is 2.33. The van der Waals surface area contributed by atoms with Gasteiger partial charge in [-0.2, -0.15) is 18.2 Å². The first-order valence-electron chi connectivity index (χ1n) is 7.81. The summed E-state index contributed by atoms with van der Waals surface area (Å²) in [5.41, 5.74) is -0.990. The maximum Gasteiger partial charge on any atom is 0.417 e. The molecule has 26 heavy (non-hydrogen) atoms. The summed E-state index contributed by atoms with van der Waals surface area (Å²) >= 11 is 5.56. The normalized spacial score (nSPS) is 13.1. The molecule has 0 saturated carbocycles. The highest BCUT2D eigenvalue weighted by atomic mass is 35.5. The van der Waals surface area contributed by atoms with E-state index in [4.69, 9.17) is 16.1 Å². The molecule has 2 rings (SSSR count). The summed E-state index contributed by atoms with van der Waals surface area (Å²) in [5.74, 6) is 0.443. The van der Waals surface area contributed by atoms with Gasteiger partial charge in [-0.05, 0) is 32.2 Å². The second-order valence-corrected chi connectivity index (χ2v) is 6.14. The molecule has 0 bridgehead atoms. The average Bonchev–Trinajstić information content (AvgIpc) is 3.03. The van der Waals surface area contributed by atoms with E-state index in [0.29, 0.717) is 18.1 Å². The highest BCUT2D eigenvalue weighted by molar-refractivity contribution is 6.31. The molecular weight excluding hydrogens is 373 g/mol. The van der Waals surface area contributed by atoms with Crippen molar-refractivity contribution in [2.75, 3.05) is 18.9 Å². The van der Waals surface area contributed by atoms with Gasteiger partial charge in [-0.3, -0.25) is 9.69 Å². The Bertz CT molecular complexity index is 779. The Labute approximate surface area is 153 Å². The van der Waals surface area contributed by atoms with Crippen molar-refractivity contribution < 1.29 is 22.5 Å². The molecule has 0 spiro atoms. The average molecular weight is 391 g/mol. The van der Waals surface area contributed by atoms with Crippen LogP contribution in [0.25, 0.3) is 0 Å². The second-order valence-electron chi connectivity index (χ2n) is 5.73. The fraction of sp³-hybridized carbons (Fsp3) is 0.438. The fourth-order valence-electron chi connectivity index (χ4n) is 2.15. The summed E-state index contributed by atoms with van der Waals surface area (Å²) in [4.78, 5) is 18.0. The number of benzene rings is 1. The molecule has 1 aromatic heterocycles. The summed E-state index contributed by atoms with van der Waals surface area (Å²) in [5, 5.41) is 5.80. The molecule has 2 aromatic rings. The number of amides is 1. The first-order valence-corrected chi connectivity index (χ1v) is 8.19. The third-order valence-corrected chi connectivity index (χ3v) is 4.10. The van der Waals surface area contributed by atoms with Crippen LogP contribution in [0.2, 0.25) is 5.02 Å². The van der Waals surface area contributed by atoms with Crippen molar-refractivity contribution in [2.24, 2.45) is 0 Å². The zero-order chi connectivity index (χ0) is 19.5. The van der Waals surface area contributed by atoms with Crippen molar-refractivity contribution in [3.05, 3.63) is 40.5 Å². The van der Waals surface area contributed by atoms with Crippen molar-refractivity contribution in [1.29, 1.82) is 0 Å². The zero-order valence-electron chi connectivity index (χ0n) is 14.4. The van der Waals surface area contributed by atoms with Gasteiger partial charge in [0.15, 0.2) is 5.82 Å². The number of carbonyl (C=O) groups is 1. The fourth-order valence-corrected chi connectivity index (χ4v) is 2.38. The van der Waals surface area contributed by atoms with Crippen LogP contribution in [0.3, 0.4) is 0 Å². The lowest BCUT2D eigenvalue weighted by Gasteiger charge is -2.21. The Morgan fingerprint density at radius 3 is 2.69 bits per heavy atom. The molecule has 0 saturated heterocycles. The Morgan fingerprint density at radius 1 is 1.42 bits per heavy atom. The lowest BCUT2D eigenvalue weighted by atomic mass is 10.2. The van der Waals surface area contributed by atoms with Gasteiger partial charge in [0.25, 0.3) is 0 Å². The summed E-state index contributed by atoms with van der Waals surface area (Å²) in [6, 6.07) is 2.88. The molecule has 1 amide bonds. The van der Waals surface area contributed by atoms with E-state index in [9.17, 15) is 18.0 Å². The first kappa shape index (κ1) is 20.2. The minimum atomic E-state index is -4.60. The summed E-state index contributed by atoms with van der Waals surface area (Å²) in [6.07, 6.45) is -3.98. The summed E-state index contributed by atoms with van der Waals surface area (Å²) < 4.78 is 43.7. The van der Waals surface area contributed by atoms with Gasteiger partial charge in [0, 0.05) is 12.1 Å². The summed E-state index contributed by atoms with van der Waals surface area (Å²) in [7, 11) is 1.67. The number of alkyl halides is 3. The number of halogens is 4. The van der Waals surface area contributed by atoms with Crippen molar-refractivity contribution >= 4 is 23.2 Å². The number of nitrogens with zero attached hydrogens (tertiary/aromatic N) is 3. The predicted molar refractivity (Wildman–Crippen MR) is 89.8 cm³/mol. The van der Waals surface area contributed by atoms with Crippen molar-refractivity contribution in [2.45, 2.75) is 32.5 Å². The molecule has 6 nitrogen and oxygen atoms in total. The molecule has 1 aromatic carbocycles. The quantitative estimate of drug-likeness (QED) is 0.809. The van der Waals surface area contributed by atoms with Crippen LogP contribution in [-0.4, -0.2) is 34.5 Å². The van der Waals surface area contributed by atoms with E-state index >= 15 is 0 Å². The number of hydrogen-bond acceptors (Lipinski definition) is 5. The van der Waals surface area contributed by atoms with Gasteiger partial charge in [0.2, 0.25) is 11.8 Å². The van der Waals surface area contributed by atoms with Crippen LogP contribution in [-0.2, 0) is 17.4 Å². The molecule has 10 heteroatoms. The topological polar surface area (TPSA) is 71.3 Å². The number of hydrogen-bond donors (Lipinski definition) is 1. The monoisotopic (exact) mass is 390 g/mol. The van der Waals surface area contributed by atoms with Gasteiger partial charge in [-0.15, -0.1) is 0 Å². The largest absolute Gasteiger partial charge is 0.417 e. The Kier molecular flexibility index (Phi) is 6.25. The maximum absolute atomic E-state index is 12.9. The Balaban J connectivity index is 2.02. The van der Waals surface area contributed by atoms with E-state index in [1.54, 1.807) is 18.9 Å². The first-order chi connectivity index (χ1) is 12.1. The van der Waals surface area contributed by atoms with Gasteiger partial charge in [0.05, 0.1) is 23.2 Å². The second kappa shape index (κ2) is 8.05. The van der Waals surface area contributed by atoms with Gasteiger partial charge >= 0.3 is 6.18 Å². The van der Waals surface area contributed by atoms with E-state index in [1.165, 1.54) is 6.07 Å². The summed E-state index contributed by atoms with van der Waals surface area (Å²) in [6.45, 7) is 3.59. The van der Waals surface area contributed by atoms with Gasteiger partial charge < -0.3 is 9.84 Å². The molecule has 0 aliphatic rings. The smallest absolute Gasteiger partial charge is 0.338 e. The SMILES string of the molecule is CCc1noc([C@H](C)N(C)CC(=O)Nc2ccc(Cl)c(C(F)(F)F)c2)n1. The van der Waals surface area contributed by atoms with Crippen LogP contribution in [0.5, 0.6) is 0 Å². The minimum Gasteiger partial charge on any atom is -0.338 e. The number of carbonyl (C=O) groups excluding carboxylic acids is 1. The molecule has 0 aliphatic carbocycles. The van der Waals surface area contributed by atoms with Crippen molar-refractivity contribution in [1.82, 2.24) is 15.0 Å². The molecule has 0 fully saturated rings. The standard InChI is InChI=1S/C16H18ClF3N4O2/c1-4-13-22-15(26-23-13)9(2)24(3)8-14(25)21-10-5-6-12(17)11(7-10)16(18,19)20/h5-7,9H,4,8H2,1-3H3,(H,21,25)/t9-/m0/s1. The zero-order valence-corrected chi connectivity index (χ0v) is 15.1. The lowest BCUT2D eigenvalue weighted by Crippen LogP contribution is -2.32. The van der Waals surface area contributed by atoms with E-state index in [1.807, 2.05) is 6.92 Å². The Hall–Kier alpha value is -2.13. The minimum absolute atomic E-state index is 0.0128. The van der Waals surface area contributed by atoms with Crippen molar-refractivity contribution in [3.63, 3.8) is 0 Å². The van der Waals surface area contributed by atoms with Crippen LogP contribution in [0.1, 0.15) is 37.2 Å². The van der Waals surface area contributed by atoms with Gasteiger partial charge in [-0.1, -0.05) is 23.7 Å². The molecule has 0 aliphatic heterocycles. The molecule has 1 N–H and O–H groups in total. The van der Waals surface area contributed by atoms with Crippen LogP contribution in [0.4, 0.5) is 18.9 Å². The van der Waals surface area contributed by atoms with E-state index in [-0.39, 0.29) is 18.3 Å².